The average Bonchev–Trinajstić information content (AvgIpc) is 2.04. The van der Waals surface area contributed by atoms with E-state index < -0.39 is 12.2 Å². The lowest BCUT2D eigenvalue weighted by molar-refractivity contribution is 0.189. The summed E-state index contributed by atoms with van der Waals surface area (Å²) in [7, 11) is 0. The Bertz CT molecular complexity index is 235. The van der Waals surface area contributed by atoms with Gasteiger partial charge in [-0.1, -0.05) is 0 Å². The van der Waals surface area contributed by atoms with E-state index >= 15 is 0 Å². The molecule has 1 rings (SSSR count). The molecule has 0 aliphatic heterocycles. The van der Waals surface area contributed by atoms with Crippen molar-refractivity contribution < 1.29 is 10.2 Å². The fraction of sp³-hybridized carbons (Fsp3) is 0.444. The second-order valence-corrected chi connectivity index (χ2v) is 2.87. The van der Waals surface area contributed by atoms with Crippen molar-refractivity contribution in [3.63, 3.8) is 0 Å². The number of aliphatic hydroxyl groups excluding tert-OH is 2. The van der Waals surface area contributed by atoms with Gasteiger partial charge < -0.3 is 10.2 Å². The molecule has 1 aromatic rings. The standard InChI is InChI=1S/C9H13NO2/c1-6(11)8-3-4-10-9(5-8)7(2)12/h3-7,11-12H,1-2H3. The van der Waals surface area contributed by atoms with Crippen LogP contribution in [0, 0.1) is 0 Å². The largest absolute Gasteiger partial charge is 0.389 e. The molecule has 3 heteroatoms. The first-order chi connectivity index (χ1) is 5.61. The molecule has 0 fully saturated rings. The van der Waals surface area contributed by atoms with Crippen LogP contribution in [0.3, 0.4) is 0 Å². The molecule has 0 bridgehead atoms. The Hall–Kier alpha value is -0.930. The van der Waals surface area contributed by atoms with Gasteiger partial charge in [-0.3, -0.25) is 4.98 Å². The van der Waals surface area contributed by atoms with E-state index in [0.29, 0.717) is 5.69 Å². The molecule has 2 atom stereocenters. The van der Waals surface area contributed by atoms with Gasteiger partial charge in [-0.25, -0.2) is 0 Å². The maximum atomic E-state index is 9.22. The first-order valence-corrected chi connectivity index (χ1v) is 3.93. The predicted molar refractivity (Wildman–Crippen MR) is 45.5 cm³/mol. The molecule has 0 aliphatic rings. The van der Waals surface area contributed by atoms with Crippen LogP contribution in [0.15, 0.2) is 18.3 Å². The zero-order valence-corrected chi connectivity index (χ0v) is 7.23. The van der Waals surface area contributed by atoms with Gasteiger partial charge in [0.15, 0.2) is 0 Å². The summed E-state index contributed by atoms with van der Waals surface area (Å²) in [4.78, 5) is 3.96. The van der Waals surface area contributed by atoms with E-state index in [1.807, 2.05) is 0 Å². The highest BCUT2D eigenvalue weighted by molar-refractivity contribution is 5.19. The summed E-state index contributed by atoms with van der Waals surface area (Å²) in [5, 5.41) is 18.4. The Morgan fingerprint density at radius 3 is 2.42 bits per heavy atom. The maximum Gasteiger partial charge on any atom is 0.0931 e. The third kappa shape index (κ3) is 2.03. The van der Waals surface area contributed by atoms with Crippen LogP contribution in [-0.4, -0.2) is 15.2 Å². The van der Waals surface area contributed by atoms with Gasteiger partial charge in [0.2, 0.25) is 0 Å². The lowest BCUT2D eigenvalue weighted by atomic mass is 10.1. The van der Waals surface area contributed by atoms with Crippen molar-refractivity contribution in [3.05, 3.63) is 29.6 Å². The smallest absolute Gasteiger partial charge is 0.0931 e. The van der Waals surface area contributed by atoms with Gasteiger partial charge in [0, 0.05) is 6.20 Å². The van der Waals surface area contributed by atoms with Crippen molar-refractivity contribution >= 4 is 0 Å². The molecule has 0 saturated carbocycles. The fourth-order valence-corrected chi connectivity index (χ4v) is 0.954. The van der Waals surface area contributed by atoms with Crippen molar-refractivity contribution in [2.45, 2.75) is 26.1 Å². The third-order valence-electron chi connectivity index (χ3n) is 1.72. The molecule has 66 valence electrons. The minimum absolute atomic E-state index is 0.509. The Balaban J connectivity index is 2.96. The normalized spacial score (nSPS) is 15.7. The van der Waals surface area contributed by atoms with Crippen molar-refractivity contribution in [1.82, 2.24) is 4.98 Å². The van der Waals surface area contributed by atoms with E-state index in [0.717, 1.165) is 5.56 Å². The number of nitrogens with zero attached hydrogens (tertiary/aromatic N) is 1. The molecule has 0 amide bonds. The highest BCUT2D eigenvalue weighted by Crippen LogP contribution is 2.15. The van der Waals surface area contributed by atoms with Crippen LogP contribution in [0.1, 0.15) is 37.3 Å². The van der Waals surface area contributed by atoms with Gasteiger partial charge in [-0.05, 0) is 31.5 Å². The zero-order valence-electron chi connectivity index (χ0n) is 7.23. The van der Waals surface area contributed by atoms with E-state index in [1.165, 1.54) is 0 Å². The van der Waals surface area contributed by atoms with Gasteiger partial charge >= 0.3 is 0 Å². The Kier molecular flexibility index (Phi) is 2.78. The van der Waals surface area contributed by atoms with Crippen molar-refractivity contribution in [1.29, 1.82) is 0 Å². The van der Waals surface area contributed by atoms with Crippen LogP contribution in [0.5, 0.6) is 0 Å². The summed E-state index contributed by atoms with van der Waals surface area (Å²) < 4.78 is 0. The molecule has 1 aromatic heterocycles. The molecule has 0 aromatic carbocycles. The monoisotopic (exact) mass is 167 g/mol. The molecule has 0 aliphatic carbocycles. The first-order valence-electron chi connectivity index (χ1n) is 3.93. The maximum absolute atomic E-state index is 9.22. The Morgan fingerprint density at radius 1 is 1.25 bits per heavy atom. The van der Waals surface area contributed by atoms with E-state index in [9.17, 15) is 10.2 Å². The highest BCUT2D eigenvalue weighted by Gasteiger charge is 2.05. The van der Waals surface area contributed by atoms with Crippen molar-refractivity contribution in [3.8, 4) is 0 Å². The molecule has 0 radical (unpaired) electrons. The van der Waals surface area contributed by atoms with E-state index in [-0.39, 0.29) is 0 Å². The number of aromatic nitrogens is 1. The van der Waals surface area contributed by atoms with Crippen LogP contribution >= 0.6 is 0 Å². The minimum Gasteiger partial charge on any atom is -0.389 e. The number of hydrogen-bond acceptors (Lipinski definition) is 3. The molecule has 2 N–H and O–H groups in total. The molecule has 12 heavy (non-hydrogen) atoms. The topological polar surface area (TPSA) is 53.4 Å². The van der Waals surface area contributed by atoms with Crippen LogP contribution in [0.25, 0.3) is 0 Å². The Labute approximate surface area is 71.7 Å². The van der Waals surface area contributed by atoms with Gasteiger partial charge in [0.1, 0.15) is 0 Å². The summed E-state index contributed by atoms with van der Waals surface area (Å²) in [5.74, 6) is 0. The first kappa shape index (κ1) is 9.16. The van der Waals surface area contributed by atoms with Crippen molar-refractivity contribution in [2.24, 2.45) is 0 Å². The van der Waals surface area contributed by atoms with Crippen molar-refractivity contribution in [2.75, 3.05) is 0 Å². The van der Waals surface area contributed by atoms with Crippen LogP contribution in [0.4, 0.5) is 0 Å². The van der Waals surface area contributed by atoms with Crippen LogP contribution in [0.2, 0.25) is 0 Å². The highest BCUT2D eigenvalue weighted by atomic mass is 16.3. The molecular weight excluding hydrogens is 154 g/mol. The molecule has 0 saturated heterocycles. The quantitative estimate of drug-likeness (QED) is 0.695. The molecular formula is C9H13NO2. The van der Waals surface area contributed by atoms with Crippen LogP contribution in [-0.2, 0) is 0 Å². The summed E-state index contributed by atoms with van der Waals surface area (Å²) >= 11 is 0. The molecule has 0 spiro atoms. The van der Waals surface area contributed by atoms with E-state index in [2.05, 4.69) is 4.98 Å². The van der Waals surface area contributed by atoms with E-state index in [1.54, 1.807) is 32.2 Å². The predicted octanol–water partition coefficient (Wildman–Crippen LogP) is 1.19. The van der Waals surface area contributed by atoms with Gasteiger partial charge in [-0.2, -0.15) is 0 Å². The summed E-state index contributed by atoms with van der Waals surface area (Å²) in [6.07, 6.45) is 0.499. The SMILES string of the molecule is CC(O)c1ccnc(C(C)O)c1. The number of aliphatic hydroxyl groups is 2. The minimum atomic E-state index is -0.580. The number of rotatable bonds is 2. The lowest BCUT2D eigenvalue weighted by Gasteiger charge is -2.07. The Morgan fingerprint density at radius 2 is 1.92 bits per heavy atom. The third-order valence-corrected chi connectivity index (χ3v) is 1.72. The fourth-order valence-electron chi connectivity index (χ4n) is 0.954. The van der Waals surface area contributed by atoms with Gasteiger partial charge in [0.05, 0.1) is 17.9 Å². The average molecular weight is 167 g/mol. The van der Waals surface area contributed by atoms with E-state index in [4.69, 9.17) is 0 Å². The second kappa shape index (κ2) is 3.65. The summed E-state index contributed by atoms with van der Waals surface area (Å²) in [5.41, 5.74) is 1.37. The summed E-state index contributed by atoms with van der Waals surface area (Å²) in [6.45, 7) is 3.33. The molecule has 1 heterocycles. The second-order valence-electron chi connectivity index (χ2n) is 2.87. The molecule has 3 nitrogen and oxygen atoms in total. The summed E-state index contributed by atoms with van der Waals surface area (Å²) in [6, 6.07) is 3.44. The lowest BCUT2D eigenvalue weighted by Crippen LogP contribution is -1.98. The molecule has 2 unspecified atom stereocenters. The van der Waals surface area contributed by atoms with Gasteiger partial charge in [-0.15, -0.1) is 0 Å². The number of hydrogen-bond donors (Lipinski definition) is 2. The number of pyridine rings is 1. The van der Waals surface area contributed by atoms with Gasteiger partial charge in [0.25, 0.3) is 0 Å². The van der Waals surface area contributed by atoms with Crippen LogP contribution < -0.4 is 0 Å². The zero-order chi connectivity index (χ0) is 9.14.